The van der Waals surface area contributed by atoms with Gasteiger partial charge in [0.1, 0.15) is 5.75 Å². The lowest BCUT2D eigenvalue weighted by atomic mass is 10.2. The molecule has 162 valence electrons. The molecule has 29 heavy (non-hydrogen) atoms. The molecule has 1 heterocycles. The minimum Gasteiger partial charge on any atom is -0.497 e. The molecule has 2 N–H and O–H groups in total. The fraction of sp³-hybridized carbons (Fsp3) is 0.579. The molecule has 1 aromatic rings. The van der Waals surface area contributed by atoms with Crippen molar-refractivity contribution in [2.75, 3.05) is 47.4 Å². The van der Waals surface area contributed by atoms with E-state index in [4.69, 9.17) is 4.74 Å². The number of ether oxygens (including phenoxy) is 1. The van der Waals surface area contributed by atoms with Gasteiger partial charge in [0.2, 0.25) is 5.91 Å². The number of likely N-dealkylation sites (N-methyl/N-ethyl adjacent to an activating group) is 1. The number of rotatable bonds is 7. The van der Waals surface area contributed by atoms with Gasteiger partial charge in [-0.15, -0.1) is 0 Å². The molecule has 0 saturated carbocycles. The monoisotopic (exact) mass is 415 g/mol. The fourth-order valence-corrected chi connectivity index (χ4v) is 2.91. The summed E-state index contributed by atoms with van der Waals surface area (Å²) >= 11 is 0. The molecule has 0 spiro atoms. The highest BCUT2D eigenvalue weighted by Crippen LogP contribution is 2.20. The van der Waals surface area contributed by atoms with Gasteiger partial charge in [-0.1, -0.05) is 12.1 Å². The van der Waals surface area contributed by atoms with E-state index in [1.807, 2.05) is 24.3 Å². The van der Waals surface area contributed by atoms with Crippen molar-refractivity contribution in [1.29, 1.82) is 0 Å². The number of methoxy groups -OCH3 is 1. The Morgan fingerprint density at radius 2 is 2.00 bits per heavy atom. The highest BCUT2D eigenvalue weighted by Gasteiger charge is 2.34. The molecule has 2 rings (SSSR count). The van der Waals surface area contributed by atoms with Crippen LogP contribution in [0.2, 0.25) is 0 Å². The van der Waals surface area contributed by atoms with E-state index < -0.39 is 12.7 Å². The fourth-order valence-electron chi connectivity index (χ4n) is 2.91. The van der Waals surface area contributed by atoms with E-state index >= 15 is 0 Å². The van der Waals surface area contributed by atoms with Gasteiger partial charge in [-0.3, -0.25) is 9.69 Å². The first-order chi connectivity index (χ1) is 13.7. The number of aliphatic imine (C=N–C) groups is 1. The summed E-state index contributed by atoms with van der Waals surface area (Å²) in [6.07, 6.45) is -3.64. The lowest BCUT2D eigenvalue weighted by molar-refractivity contribution is -0.143. The van der Waals surface area contributed by atoms with E-state index in [2.05, 4.69) is 15.6 Å². The molecular formula is C19H28F3N5O2. The van der Waals surface area contributed by atoms with Crippen LogP contribution >= 0.6 is 0 Å². The van der Waals surface area contributed by atoms with Crippen molar-refractivity contribution < 1.29 is 22.7 Å². The van der Waals surface area contributed by atoms with Crippen LogP contribution in [0.15, 0.2) is 29.3 Å². The maximum Gasteiger partial charge on any atom is 0.401 e. The van der Waals surface area contributed by atoms with Gasteiger partial charge in [-0.2, -0.15) is 13.2 Å². The summed E-state index contributed by atoms with van der Waals surface area (Å²) in [7, 11) is 4.89. The van der Waals surface area contributed by atoms with Crippen LogP contribution in [-0.2, 0) is 11.3 Å². The summed E-state index contributed by atoms with van der Waals surface area (Å²) in [5.74, 6) is 1.01. The second-order valence-electron chi connectivity index (χ2n) is 7.13. The second-order valence-corrected chi connectivity index (χ2v) is 7.13. The van der Waals surface area contributed by atoms with Gasteiger partial charge in [0, 0.05) is 33.2 Å². The first kappa shape index (κ1) is 22.8. The molecule has 7 nitrogen and oxygen atoms in total. The van der Waals surface area contributed by atoms with E-state index in [1.165, 1.54) is 9.80 Å². The molecule has 0 aromatic heterocycles. The number of amides is 1. The topological polar surface area (TPSA) is 69.2 Å². The molecule has 0 bridgehead atoms. The van der Waals surface area contributed by atoms with Crippen molar-refractivity contribution in [3.05, 3.63) is 29.8 Å². The highest BCUT2D eigenvalue weighted by molar-refractivity contribution is 5.86. The van der Waals surface area contributed by atoms with Crippen LogP contribution in [-0.4, -0.2) is 81.3 Å². The Labute approximate surface area is 168 Å². The van der Waals surface area contributed by atoms with Gasteiger partial charge in [0.15, 0.2) is 5.96 Å². The smallest absolute Gasteiger partial charge is 0.401 e. The van der Waals surface area contributed by atoms with E-state index in [1.54, 1.807) is 21.2 Å². The van der Waals surface area contributed by atoms with E-state index in [9.17, 15) is 18.0 Å². The Hall–Kier alpha value is -2.49. The Morgan fingerprint density at radius 3 is 2.59 bits per heavy atom. The van der Waals surface area contributed by atoms with E-state index in [-0.39, 0.29) is 25.0 Å². The van der Waals surface area contributed by atoms with Crippen LogP contribution in [0.4, 0.5) is 13.2 Å². The van der Waals surface area contributed by atoms with Crippen molar-refractivity contribution in [2.45, 2.75) is 25.2 Å². The summed E-state index contributed by atoms with van der Waals surface area (Å²) in [4.78, 5) is 19.2. The van der Waals surface area contributed by atoms with E-state index in [0.717, 1.165) is 11.3 Å². The van der Waals surface area contributed by atoms with Crippen LogP contribution in [0, 0.1) is 0 Å². The van der Waals surface area contributed by atoms with Crippen LogP contribution in [0.3, 0.4) is 0 Å². The molecular weight excluding hydrogens is 387 g/mol. The third-order valence-corrected chi connectivity index (χ3v) is 4.50. The summed E-state index contributed by atoms with van der Waals surface area (Å²) in [6, 6.07) is 7.24. The first-order valence-electron chi connectivity index (χ1n) is 9.33. The van der Waals surface area contributed by atoms with Gasteiger partial charge in [0.25, 0.3) is 0 Å². The lowest BCUT2D eigenvalue weighted by Gasteiger charge is -2.20. The summed E-state index contributed by atoms with van der Waals surface area (Å²) < 4.78 is 42.9. The van der Waals surface area contributed by atoms with Crippen LogP contribution < -0.4 is 15.4 Å². The summed E-state index contributed by atoms with van der Waals surface area (Å²) in [5.41, 5.74) is 0.941. The van der Waals surface area contributed by atoms with Gasteiger partial charge in [-0.25, -0.2) is 4.99 Å². The molecule has 1 unspecified atom stereocenters. The minimum atomic E-state index is -4.21. The normalized spacial score (nSPS) is 17.9. The van der Waals surface area contributed by atoms with Crippen molar-refractivity contribution in [3.8, 4) is 5.75 Å². The van der Waals surface area contributed by atoms with Crippen molar-refractivity contribution in [3.63, 3.8) is 0 Å². The van der Waals surface area contributed by atoms with Crippen molar-refractivity contribution in [1.82, 2.24) is 20.4 Å². The Bertz CT molecular complexity index is 692. The third kappa shape index (κ3) is 8.18. The Balaban J connectivity index is 1.99. The van der Waals surface area contributed by atoms with Crippen LogP contribution in [0.5, 0.6) is 5.75 Å². The zero-order valence-electron chi connectivity index (χ0n) is 16.9. The van der Waals surface area contributed by atoms with Crippen molar-refractivity contribution >= 4 is 11.9 Å². The van der Waals surface area contributed by atoms with Crippen LogP contribution in [0.1, 0.15) is 12.0 Å². The van der Waals surface area contributed by atoms with Gasteiger partial charge in [-0.05, 0) is 24.1 Å². The number of hydrogen-bond acceptors (Lipinski definition) is 4. The molecule has 1 fully saturated rings. The average molecular weight is 415 g/mol. The van der Waals surface area contributed by atoms with Gasteiger partial charge < -0.3 is 20.3 Å². The van der Waals surface area contributed by atoms with Gasteiger partial charge in [0.05, 0.1) is 26.7 Å². The largest absolute Gasteiger partial charge is 0.497 e. The SMILES string of the molecule is COc1ccc(CN=C(NCC(=O)N(C)C)NC2CCN(CC(F)(F)F)C2)cc1. The predicted octanol–water partition coefficient (Wildman–Crippen LogP) is 1.46. The first-order valence-corrected chi connectivity index (χ1v) is 9.33. The second kappa shape index (κ2) is 10.3. The Kier molecular flexibility index (Phi) is 8.12. The number of halogens is 3. The zero-order valence-corrected chi connectivity index (χ0v) is 16.9. The quantitative estimate of drug-likeness (QED) is 0.521. The number of hydrogen-bond donors (Lipinski definition) is 2. The molecule has 1 aromatic carbocycles. The lowest BCUT2D eigenvalue weighted by Crippen LogP contribution is -2.47. The number of carbonyl (C=O) groups excluding carboxylic acids is 1. The molecule has 1 saturated heterocycles. The summed E-state index contributed by atoms with van der Waals surface area (Å²) in [5, 5.41) is 6.12. The molecule has 10 heteroatoms. The zero-order chi connectivity index (χ0) is 21.4. The molecule has 0 aliphatic carbocycles. The van der Waals surface area contributed by atoms with Gasteiger partial charge >= 0.3 is 6.18 Å². The standard InChI is InChI=1S/C19H28F3N5O2/c1-26(2)17(28)11-24-18(23-10-14-4-6-16(29-3)7-5-14)25-15-8-9-27(12-15)13-19(20,21)22/h4-7,15H,8-13H2,1-3H3,(H2,23,24,25). The molecule has 1 amide bonds. The minimum absolute atomic E-state index is 0.0421. The summed E-state index contributed by atoms with van der Waals surface area (Å²) in [6.45, 7) is 0.106. The number of carbonyl (C=O) groups is 1. The number of benzene rings is 1. The number of alkyl halides is 3. The Morgan fingerprint density at radius 1 is 1.31 bits per heavy atom. The number of guanidine groups is 1. The average Bonchev–Trinajstić information content (AvgIpc) is 3.08. The maximum atomic E-state index is 12.6. The van der Waals surface area contributed by atoms with E-state index in [0.29, 0.717) is 25.5 Å². The number of likely N-dealkylation sites (tertiary alicyclic amines) is 1. The molecule has 1 atom stereocenters. The van der Waals surface area contributed by atoms with Crippen molar-refractivity contribution in [2.24, 2.45) is 4.99 Å². The predicted molar refractivity (Wildman–Crippen MR) is 105 cm³/mol. The molecule has 1 aliphatic heterocycles. The van der Waals surface area contributed by atoms with Crippen LogP contribution in [0.25, 0.3) is 0 Å². The number of nitrogens with zero attached hydrogens (tertiary/aromatic N) is 3. The highest BCUT2D eigenvalue weighted by atomic mass is 19.4. The molecule has 1 aliphatic rings. The number of nitrogens with one attached hydrogen (secondary N) is 2. The third-order valence-electron chi connectivity index (χ3n) is 4.50. The maximum absolute atomic E-state index is 12.6. The molecule has 0 radical (unpaired) electrons.